The number of morpholine rings is 1. The van der Waals surface area contributed by atoms with Gasteiger partial charge in [-0.25, -0.2) is 8.42 Å². The van der Waals surface area contributed by atoms with Crippen LogP contribution in [0.3, 0.4) is 0 Å². The minimum Gasteiger partial charge on any atom is -0.456 e. The van der Waals surface area contributed by atoms with Crippen LogP contribution in [0.15, 0.2) is 23.1 Å². The predicted molar refractivity (Wildman–Crippen MR) is 116 cm³/mol. The standard InChI is InChI=1S/C22H32N2O6S/c1-17-7-9-19(31(27,28)24-11-13-29-14-12-24)15-20(17)23-21(25)16-30-22(26)10-8-18-5-3-2-4-6-18/h7,9,15,18H,2-6,8,10-14,16H2,1H3,(H,23,25). The Labute approximate surface area is 184 Å². The van der Waals surface area contributed by atoms with Gasteiger partial charge < -0.3 is 14.8 Å². The van der Waals surface area contributed by atoms with Gasteiger partial charge in [-0.15, -0.1) is 0 Å². The van der Waals surface area contributed by atoms with Gasteiger partial charge in [0.15, 0.2) is 6.61 Å². The first kappa shape index (κ1) is 23.7. The molecule has 2 fully saturated rings. The maximum atomic E-state index is 12.8. The van der Waals surface area contributed by atoms with Crippen molar-refractivity contribution >= 4 is 27.6 Å². The molecule has 1 heterocycles. The van der Waals surface area contributed by atoms with E-state index in [1.165, 1.54) is 35.7 Å². The quantitative estimate of drug-likeness (QED) is 0.609. The Hall–Kier alpha value is -1.97. The van der Waals surface area contributed by atoms with Crippen molar-refractivity contribution in [3.8, 4) is 0 Å². The molecule has 1 aromatic carbocycles. The Morgan fingerprint density at radius 3 is 2.58 bits per heavy atom. The molecule has 0 atom stereocenters. The lowest BCUT2D eigenvalue weighted by Gasteiger charge is -2.26. The summed E-state index contributed by atoms with van der Waals surface area (Å²) in [6.07, 6.45) is 7.18. The smallest absolute Gasteiger partial charge is 0.306 e. The maximum absolute atomic E-state index is 12.8. The van der Waals surface area contributed by atoms with Crippen LogP contribution in [-0.4, -0.2) is 57.5 Å². The van der Waals surface area contributed by atoms with Crippen molar-refractivity contribution in [2.45, 2.75) is 56.8 Å². The molecule has 0 unspecified atom stereocenters. The Kier molecular flexibility index (Phi) is 8.45. The average molecular weight is 453 g/mol. The highest BCUT2D eigenvalue weighted by Crippen LogP contribution is 2.27. The Morgan fingerprint density at radius 1 is 1.16 bits per heavy atom. The molecule has 9 heteroatoms. The van der Waals surface area contributed by atoms with Crippen LogP contribution in [0.4, 0.5) is 5.69 Å². The third-order valence-corrected chi connectivity index (χ3v) is 7.83. The molecule has 1 aliphatic carbocycles. The first-order chi connectivity index (χ1) is 14.9. The summed E-state index contributed by atoms with van der Waals surface area (Å²) in [6, 6.07) is 4.63. The first-order valence-corrected chi connectivity index (χ1v) is 12.4. The van der Waals surface area contributed by atoms with Gasteiger partial charge >= 0.3 is 5.97 Å². The van der Waals surface area contributed by atoms with Gasteiger partial charge in [0.1, 0.15) is 0 Å². The molecule has 0 spiro atoms. The van der Waals surface area contributed by atoms with E-state index in [0.717, 1.165) is 24.8 Å². The minimum absolute atomic E-state index is 0.111. The predicted octanol–water partition coefficient (Wildman–Crippen LogP) is 2.86. The third kappa shape index (κ3) is 6.75. The van der Waals surface area contributed by atoms with Crippen LogP contribution in [0.1, 0.15) is 50.5 Å². The van der Waals surface area contributed by atoms with Gasteiger partial charge in [-0.05, 0) is 37.0 Å². The van der Waals surface area contributed by atoms with Crippen LogP contribution in [-0.2, 0) is 29.1 Å². The second kappa shape index (κ2) is 11.1. The zero-order chi connectivity index (χ0) is 22.3. The van der Waals surface area contributed by atoms with Crippen molar-refractivity contribution in [1.82, 2.24) is 4.31 Å². The molecule has 8 nitrogen and oxygen atoms in total. The largest absolute Gasteiger partial charge is 0.456 e. The number of sulfonamides is 1. The Bertz CT molecular complexity index is 874. The van der Waals surface area contributed by atoms with Crippen molar-refractivity contribution in [2.24, 2.45) is 5.92 Å². The van der Waals surface area contributed by atoms with Crippen molar-refractivity contribution in [1.29, 1.82) is 0 Å². The van der Waals surface area contributed by atoms with Crippen LogP contribution < -0.4 is 5.32 Å². The zero-order valence-electron chi connectivity index (χ0n) is 18.1. The fourth-order valence-electron chi connectivity index (χ4n) is 4.03. The van der Waals surface area contributed by atoms with Crippen molar-refractivity contribution < 1.29 is 27.5 Å². The number of nitrogens with one attached hydrogen (secondary N) is 1. The third-order valence-electron chi connectivity index (χ3n) is 5.94. The Morgan fingerprint density at radius 2 is 1.87 bits per heavy atom. The zero-order valence-corrected chi connectivity index (χ0v) is 18.9. The highest BCUT2D eigenvalue weighted by atomic mass is 32.2. The number of anilines is 1. The number of esters is 1. The molecular weight excluding hydrogens is 420 g/mol. The number of rotatable bonds is 8. The van der Waals surface area contributed by atoms with Gasteiger partial charge in [0, 0.05) is 25.2 Å². The summed E-state index contributed by atoms with van der Waals surface area (Å²) in [5, 5.41) is 2.66. The lowest BCUT2D eigenvalue weighted by Crippen LogP contribution is -2.40. The highest BCUT2D eigenvalue weighted by molar-refractivity contribution is 7.89. The van der Waals surface area contributed by atoms with Gasteiger partial charge in [-0.2, -0.15) is 4.31 Å². The monoisotopic (exact) mass is 452 g/mol. The van der Waals surface area contributed by atoms with Crippen LogP contribution in [0.25, 0.3) is 0 Å². The molecule has 0 bridgehead atoms. The number of ether oxygens (including phenoxy) is 2. The van der Waals surface area contributed by atoms with Crippen LogP contribution >= 0.6 is 0 Å². The molecule has 2 aliphatic rings. The van der Waals surface area contributed by atoms with E-state index in [2.05, 4.69) is 5.32 Å². The fraction of sp³-hybridized carbons (Fsp3) is 0.636. The van der Waals surface area contributed by atoms with Gasteiger partial charge in [-0.3, -0.25) is 9.59 Å². The number of hydrogen-bond donors (Lipinski definition) is 1. The molecule has 3 rings (SSSR count). The van der Waals surface area contributed by atoms with E-state index in [9.17, 15) is 18.0 Å². The number of benzene rings is 1. The molecule has 172 valence electrons. The van der Waals surface area contributed by atoms with E-state index >= 15 is 0 Å². The first-order valence-electron chi connectivity index (χ1n) is 11.0. The number of carbonyl (C=O) groups is 2. The molecule has 1 aliphatic heterocycles. The van der Waals surface area contributed by atoms with E-state index < -0.39 is 15.9 Å². The summed E-state index contributed by atoms with van der Waals surface area (Å²) in [4.78, 5) is 24.4. The number of nitrogens with zero attached hydrogens (tertiary/aromatic N) is 1. The second-order valence-corrected chi connectivity index (χ2v) is 10.2. The molecule has 1 aromatic rings. The fourth-order valence-corrected chi connectivity index (χ4v) is 5.47. The van der Waals surface area contributed by atoms with E-state index in [1.807, 2.05) is 0 Å². The normalized spacial score (nSPS) is 18.5. The topological polar surface area (TPSA) is 102 Å². The number of aryl methyl sites for hydroxylation is 1. The molecule has 1 amide bonds. The van der Waals surface area contributed by atoms with E-state index in [-0.39, 0.29) is 17.5 Å². The molecule has 1 N–H and O–H groups in total. The van der Waals surface area contributed by atoms with Crippen molar-refractivity contribution in [3.05, 3.63) is 23.8 Å². The van der Waals surface area contributed by atoms with E-state index in [0.29, 0.717) is 44.3 Å². The average Bonchev–Trinajstić information content (AvgIpc) is 2.79. The van der Waals surface area contributed by atoms with Gasteiger partial charge in [0.25, 0.3) is 5.91 Å². The van der Waals surface area contributed by atoms with Crippen LogP contribution in [0.2, 0.25) is 0 Å². The van der Waals surface area contributed by atoms with Gasteiger partial charge in [0.2, 0.25) is 10.0 Å². The minimum atomic E-state index is -3.66. The molecular formula is C22H32N2O6S. The summed E-state index contributed by atoms with van der Waals surface area (Å²) in [5.41, 5.74) is 1.11. The summed E-state index contributed by atoms with van der Waals surface area (Å²) in [5.74, 6) is -0.287. The lowest BCUT2D eigenvalue weighted by molar-refractivity contribution is -0.147. The maximum Gasteiger partial charge on any atom is 0.306 e. The van der Waals surface area contributed by atoms with E-state index in [4.69, 9.17) is 9.47 Å². The number of hydrogen-bond acceptors (Lipinski definition) is 6. The van der Waals surface area contributed by atoms with E-state index in [1.54, 1.807) is 13.0 Å². The van der Waals surface area contributed by atoms with Crippen LogP contribution in [0, 0.1) is 12.8 Å². The van der Waals surface area contributed by atoms with Crippen molar-refractivity contribution in [3.63, 3.8) is 0 Å². The summed E-state index contributed by atoms with van der Waals surface area (Å²) < 4.78 is 37.4. The van der Waals surface area contributed by atoms with Gasteiger partial charge in [0.05, 0.1) is 18.1 Å². The number of carbonyl (C=O) groups excluding carboxylic acids is 2. The second-order valence-electron chi connectivity index (χ2n) is 8.24. The SMILES string of the molecule is Cc1ccc(S(=O)(=O)N2CCOCC2)cc1NC(=O)COC(=O)CCC1CCCCC1. The summed E-state index contributed by atoms with van der Waals surface area (Å²) in [6.45, 7) is 2.71. The Balaban J connectivity index is 1.52. The summed E-state index contributed by atoms with van der Waals surface area (Å²) in [7, 11) is -3.66. The van der Waals surface area contributed by atoms with Crippen LogP contribution in [0.5, 0.6) is 0 Å². The molecule has 1 saturated heterocycles. The number of amides is 1. The molecule has 1 saturated carbocycles. The van der Waals surface area contributed by atoms with Crippen molar-refractivity contribution in [2.75, 3.05) is 38.2 Å². The molecule has 0 radical (unpaired) electrons. The summed E-state index contributed by atoms with van der Waals surface area (Å²) >= 11 is 0. The molecule has 31 heavy (non-hydrogen) atoms. The molecule has 0 aromatic heterocycles. The highest BCUT2D eigenvalue weighted by Gasteiger charge is 2.27. The van der Waals surface area contributed by atoms with Gasteiger partial charge in [-0.1, -0.05) is 38.2 Å². The lowest BCUT2D eigenvalue weighted by atomic mass is 9.86.